The minimum absolute atomic E-state index is 0.0101. The summed E-state index contributed by atoms with van der Waals surface area (Å²) in [5.41, 5.74) is 5.45. The zero-order valence-corrected chi connectivity index (χ0v) is 8.86. The van der Waals surface area contributed by atoms with Crippen molar-refractivity contribution in [1.82, 2.24) is 9.97 Å². The van der Waals surface area contributed by atoms with Crippen LogP contribution in [0.1, 0.15) is 9.67 Å². The molecule has 0 aliphatic rings. The van der Waals surface area contributed by atoms with Gasteiger partial charge in [0.05, 0.1) is 0 Å². The molecule has 0 radical (unpaired) electrons. The molecule has 0 unspecified atom stereocenters. The summed E-state index contributed by atoms with van der Waals surface area (Å²) in [6.45, 7) is 0. The maximum Gasteiger partial charge on any atom is 0.349 e. The third-order valence-corrected chi connectivity index (χ3v) is 2.72. The molecule has 2 aromatic heterocycles. The van der Waals surface area contributed by atoms with E-state index in [9.17, 15) is 4.79 Å². The maximum absolute atomic E-state index is 10.7. The fraction of sp³-hybridized carbons (Fsp3) is 0. The Kier molecular flexibility index (Phi) is 2.69. The number of aromatic nitrogens is 2. The second kappa shape index (κ2) is 4.15. The lowest BCUT2D eigenvalue weighted by Crippen LogP contribution is -1.97. The van der Waals surface area contributed by atoms with Gasteiger partial charge in [-0.3, -0.25) is 0 Å². The van der Waals surface area contributed by atoms with E-state index in [2.05, 4.69) is 15.3 Å². The number of nitrogens with two attached hydrogens (primary N) is 1. The van der Waals surface area contributed by atoms with Gasteiger partial charge in [-0.15, -0.1) is 0 Å². The SMILES string of the molecule is Nc1nc(Nc2ccccn2)sc1C(=O)O. The molecule has 82 valence electrons. The van der Waals surface area contributed by atoms with Crippen LogP contribution in [0.3, 0.4) is 0 Å². The fourth-order valence-electron chi connectivity index (χ4n) is 1.08. The molecule has 2 aromatic rings. The summed E-state index contributed by atoms with van der Waals surface area (Å²) in [5.74, 6) is -0.479. The summed E-state index contributed by atoms with van der Waals surface area (Å²) >= 11 is 0.976. The number of rotatable bonds is 3. The van der Waals surface area contributed by atoms with E-state index in [0.29, 0.717) is 10.9 Å². The van der Waals surface area contributed by atoms with Crippen molar-refractivity contribution in [2.45, 2.75) is 0 Å². The number of carboxylic acid groups (broad SMARTS) is 1. The van der Waals surface area contributed by atoms with Crippen molar-refractivity contribution in [2.24, 2.45) is 0 Å². The van der Waals surface area contributed by atoms with Crippen LogP contribution in [0.25, 0.3) is 0 Å². The van der Waals surface area contributed by atoms with E-state index in [-0.39, 0.29) is 10.7 Å². The Hall–Kier alpha value is -2.15. The van der Waals surface area contributed by atoms with Crippen molar-refractivity contribution in [1.29, 1.82) is 0 Å². The van der Waals surface area contributed by atoms with Crippen LogP contribution in [0.4, 0.5) is 16.8 Å². The van der Waals surface area contributed by atoms with Gasteiger partial charge in [-0.25, -0.2) is 14.8 Å². The smallest absolute Gasteiger partial charge is 0.349 e. The van der Waals surface area contributed by atoms with Crippen molar-refractivity contribution in [2.75, 3.05) is 11.1 Å². The number of carboxylic acids is 1. The second-order valence-electron chi connectivity index (χ2n) is 2.88. The highest BCUT2D eigenvalue weighted by Crippen LogP contribution is 2.26. The number of pyridine rings is 1. The highest BCUT2D eigenvalue weighted by atomic mass is 32.1. The molecule has 0 atom stereocenters. The normalized spacial score (nSPS) is 10.0. The van der Waals surface area contributed by atoms with E-state index >= 15 is 0 Å². The first-order valence-electron chi connectivity index (χ1n) is 4.34. The number of aromatic carboxylic acids is 1. The molecule has 4 N–H and O–H groups in total. The quantitative estimate of drug-likeness (QED) is 0.747. The second-order valence-corrected chi connectivity index (χ2v) is 3.88. The van der Waals surface area contributed by atoms with Gasteiger partial charge >= 0.3 is 5.97 Å². The van der Waals surface area contributed by atoms with Crippen LogP contribution in [-0.4, -0.2) is 21.0 Å². The molecular formula is C9H8N4O2S. The highest BCUT2D eigenvalue weighted by Gasteiger charge is 2.14. The first-order valence-corrected chi connectivity index (χ1v) is 5.16. The van der Waals surface area contributed by atoms with Gasteiger partial charge < -0.3 is 16.2 Å². The van der Waals surface area contributed by atoms with Crippen molar-refractivity contribution in [3.05, 3.63) is 29.3 Å². The minimum Gasteiger partial charge on any atom is -0.477 e. The molecule has 0 fully saturated rings. The number of hydrogen-bond donors (Lipinski definition) is 3. The van der Waals surface area contributed by atoms with Crippen molar-refractivity contribution in [3.63, 3.8) is 0 Å². The first-order chi connectivity index (χ1) is 7.66. The van der Waals surface area contributed by atoms with Crippen molar-refractivity contribution >= 4 is 34.1 Å². The van der Waals surface area contributed by atoms with Gasteiger partial charge in [-0.2, -0.15) is 0 Å². The number of nitrogen functional groups attached to an aromatic ring is 1. The Bertz CT molecular complexity index is 511. The van der Waals surface area contributed by atoms with E-state index < -0.39 is 5.97 Å². The van der Waals surface area contributed by atoms with E-state index in [1.54, 1.807) is 18.3 Å². The van der Waals surface area contributed by atoms with Gasteiger partial charge in [-0.05, 0) is 12.1 Å². The largest absolute Gasteiger partial charge is 0.477 e. The van der Waals surface area contributed by atoms with E-state index in [1.165, 1.54) is 0 Å². The molecule has 0 amide bonds. The zero-order valence-electron chi connectivity index (χ0n) is 8.04. The van der Waals surface area contributed by atoms with E-state index in [0.717, 1.165) is 11.3 Å². The summed E-state index contributed by atoms with van der Waals surface area (Å²) in [6.07, 6.45) is 1.62. The molecule has 0 spiro atoms. The van der Waals surface area contributed by atoms with Gasteiger partial charge in [0.15, 0.2) is 15.8 Å². The van der Waals surface area contributed by atoms with Crippen LogP contribution in [0.5, 0.6) is 0 Å². The van der Waals surface area contributed by atoms with Gasteiger partial charge in [0.2, 0.25) is 0 Å². The summed E-state index contributed by atoms with van der Waals surface area (Å²) < 4.78 is 0. The Morgan fingerprint density at radius 2 is 2.31 bits per heavy atom. The number of nitrogens with one attached hydrogen (secondary N) is 1. The third-order valence-electron chi connectivity index (χ3n) is 1.75. The summed E-state index contributed by atoms with van der Waals surface area (Å²) in [6, 6.07) is 5.34. The van der Waals surface area contributed by atoms with Gasteiger partial charge in [0.1, 0.15) is 5.82 Å². The van der Waals surface area contributed by atoms with E-state index in [4.69, 9.17) is 10.8 Å². The monoisotopic (exact) mass is 236 g/mol. The lowest BCUT2D eigenvalue weighted by molar-refractivity contribution is 0.0703. The molecule has 2 rings (SSSR count). The van der Waals surface area contributed by atoms with Crippen LogP contribution < -0.4 is 11.1 Å². The number of anilines is 3. The average molecular weight is 236 g/mol. The molecule has 0 bridgehead atoms. The zero-order chi connectivity index (χ0) is 11.5. The predicted octanol–water partition coefficient (Wildman–Crippen LogP) is 1.56. The number of carbonyl (C=O) groups is 1. The molecule has 0 aliphatic heterocycles. The Labute approximate surface area is 94.8 Å². The van der Waals surface area contributed by atoms with Crippen LogP contribution >= 0.6 is 11.3 Å². The molecule has 0 aliphatic carbocycles. The Morgan fingerprint density at radius 1 is 1.50 bits per heavy atom. The van der Waals surface area contributed by atoms with Crippen molar-refractivity contribution < 1.29 is 9.90 Å². The Morgan fingerprint density at radius 3 is 2.88 bits per heavy atom. The van der Waals surface area contributed by atoms with Crippen molar-refractivity contribution in [3.8, 4) is 0 Å². The van der Waals surface area contributed by atoms with Gasteiger partial charge in [0.25, 0.3) is 0 Å². The molecule has 0 saturated carbocycles. The van der Waals surface area contributed by atoms with Crippen LogP contribution in [0, 0.1) is 0 Å². The Balaban J connectivity index is 2.23. The minimum atomic E-state index is -1.08. The van der Waals surface area contributed by atoms with E-state index in [1.807, 2.05) is 6.07 Å². The van der Waals surface area contributed by atoms with Crippen LogP contribution in [0.15, 0.2) is 24.4 Å². The molecule has 6 nitrogen and oxygen atoms in total. The van der Waals surface area contributed by atoms with Gasteiger partial charge in [-0.1, -0.05) is 17.4 Å². The number of thiazole rings is 1. The van der Waals surface area contributed by atoms with Crippen LogP contribution in [-0.2, 0) is 0 Å². The standard InChI is InChI=1S/C9H8N4O2S/c10-7-6(8(14)15)16-9(13-7)12-5-3-1-2-4-11-5/h1-4H,10H2,(H,14,15)(H,11,12,13). The molecule has 7 heteroatoms. The average Bonchev–Trinajstić information content (AvgIpc) is 2.61. The maximum atomic E-state index is 10.7. The highest BCUT2D eigenvalue weighted by molar-refractivity contribution is 7.18. The fourth-order valence-corrected chi connectivity index (χ4v) is 1.82. The summed E-state index contributed by atoms with van der Waals surface area (Å²) in [5, 5.41) is 12.1. The first kappa shape index (κ1) is 10.4. The predicted molar refractivity (Wildman–Crippen MR) is 61.0 cm³/mol. The topological polar surface area (TPSA) is 101 Å². The number of nitrogens with zero attached hydrogens (tertiary/aromatic N) is 2. The lowest BCUT2D eigenvalue weighted by Gasteiger charge is -1.98. The van der Waals surface area contributed by atoms with Gasteiger partial charge in [0, 0.05) is 6.20 Å². The summed E-state index contributed by atoms with van der Waals surface area (Å²) in [7, 11) is 0. The number of hydrogen-bond acceptors (Lipinski definition) is 6. The summed E-state index contributed by atoms with van der Waals surface area (Å²) in [4.78, 5) is 18.7. The molecule has 0 saturated heterocycles. The molecule has 0 aromatic carbocycles. The molecule has 16 heavy (non-hydrogen) atoms. The molecule has 2 heterocycles. The lowest BCUT2D eigenvalue weighted by atomic mass is 10.5. The third kappa shape index (κ3) is 2.09. The van der Waals surface area contributed by atoms with Crippen LogP contribution in [0.2, 0.25) is 0 Å². The molecular weight excluding hydrogens is 228 g/mol.